The maximum atomic E-state index is 10.3. The van der Waals surface area contributed by atoms with Crippen molar-refractivity contribution in [2.45, 2.75) is 18.9 Å². The molecule has 88 valence electrons. The molecule has 1 aromatic rings. The molecular weight excluding hydrogens is 276 g/mol. The lowest BCUT2D eigenvalue weighted by Gasteiger charge is -2.07. The number of hydrogen-bond donors (Lipinski definition) is 2. The summed E-state index contributed by atoms with van der Waals surface area (Å²) in [5.74, 6) is -0.461. The summed E-state index contributed by atoms with van der Waals surface area (Å²) in [5.41, 5.74) is 0. The highest BCUT2D eigenvalue weighted by atomic mass is 79.9. The van der Waals surface area contributed by atoms with E-state index in [1.165, 1.54) is 0 Å². The van der Waals surface area contributed by atoms with Gasteiger partial charge in [0.2, 0.25) is 0 Å². The maximum Gasteiger partial charge on any atom is 0.332 e. The molecule has 0 bridgehead atoms. The molecule has 4 nitrogen and oxygen atoms in total. The average molecular weight is 289 g/mol. The molecule has 0 aliphatic heterocycles. The first kappa shape index (κ1) is 13.0. The van der Waals surface area contributed by atoms with Crippen LogP contribution < -0.4 is 4.74 Å². The van der Waals surface area contributed by atoms with Gasteiger partial charge in [-0.05, 0) is 37.1 Å². The van der Waals surface area contributed by atoms with Gasteiger partial charge in [0.05, 0.1) is 6.61 Å². The fourth-order valence-corrected chi connectivity index (χ4v) is 1.39. The summed E-state index contributed by atoms with van der Waals surface area (Å²) in [6.07, 6.45) is -0.594. The molecule has 5 heteroatoms. The zero-order valence-electron chi connectivity index (χ0n) is 8.60. The number of ether oxygens (including phenoxy) is 1. The Balaban J connectivity index is 2.21. The van der Waals surface area contributed by atoms with Crippen molar-refractivity contribution >= 4 is 21.9 Å². The van der Waals surface area contributed by atoms with Crippen LogP contribution in [0.1, 0.15) is 12.8 Å². The molecule has 1 rings (SSSR count). The Labute approximate surface area is 102 Å². The van der Waals surface area contributed by atoms with E-state index in [-0.39, 0.29) is 6.42 Å². The lowest BCUT2D eigenvalue weighted by atomic mass is 10.2. The van der Waals surface area contributed by atoms with Crippen LogP contribution in [-0.4, -0.2) is 28.9 Å². The van der Waals surface area contributed by atoms with Crippen LogP contribution in [0.2, 0.25) is 0 Å². The SMILES string of the molecule is O=C(O)C(O)CCCOc1ccc(Br)cc1. The van der Waals surface area contributed by atoms with Crippen molar-refractivity contribution < 1.29 is 19.7 Å². The molecule has 0 saturated heterocycles. The number of rotatable bonds is 6. The molecule has 0 aromatic heterocycles. The number of carboxylic acids is 1. The molecule has 0 aliphatic rings. The second-order valence-electron chi connectivity index (χ2n) is 3.30. The molecule has 0 radical (unpaired) electrons. The minimum atomic E-state index is -1.30. The normalized spacial score (nSPS) is 12.1. The predicted octanol–water partition coefficient (Wildman–Crippen LogP) is 2.05. The fraction of sp³-hybridized carbons (Fsp3) is 0.364. The Morgan fingerprint density at radius 1 is 1.38 bits per heavy atom. The monoisotopic (exact) mass is 288 g/mol. The zero-order valence-corrected chi connectivity index (χ0v) is 10.2. The molecule has 0 heterocycles. The summed E-state index contributed by atoms with van der Waals surface area (Å²) in [4.78, 5) is 10.3. The quantitative estimate of drug-likeness (QED) is 0.787. The second kappa shape index (κ2) is 6.50. The standard InChI is InChI=1S/C11H13BrO4/c12-8-3-5-9(6-4-8)16-7-1-2-10(13)11(14)15/h3-6,10,13H,1-2,7H2,(H,14,15). The summed E-state index contributed by atoms with van der Waals surface area (Å²) in [6.45, 7) is 0.395. The Kier molecular flexibility index (Phi) is 5.28. The number of aliphatic carboxylic acids is 1. The molecule has 2 N–H and O–H groups in total. The first-order chi connectivity index (χ1) is 7.59. The summed E-state index contributed by atoms with van der Waals surface area (Å²) in [5, 5.41) is 17.4. The second-order valence-corrected chi connectivity index (χ2v) is 4.21. The third-order valence-electron chi connectivity index (χ3n) is 1.99. The maximum absolute atomic E-state index is 10.3. The number of aliphatic hydroxyl groups is 1. The van der Waals surface area contributed by atoms with Crippen molar-refractivity contribution in [1.29, 1.82) is 0 Å². The smallest absolute Gasteiger partial charge is 0.332 e. The molecular formula is C11H13BrO4. The molecule has 16 heavy (non-hydrogen) atoms. The van der Waals surface area contributed by atoms with E-state index in [1.807, 2.05) is 24.3 Å². The summed E-state index contributed by atoms with van der Waals surface area (Å²) >= 11 is 3.31. The summed E-state index contributed by atoms with van der Waals surface area (Å²) < 4.78 is 6.34. The van der Waals surface area contributed by atoms with E-state index < -0.39 is 12.1 Å². The van der Waals surface area contributed by atoms with Gasteiger partial charge in [-0.15, -0.1) is 0 Å². The molecule has 1 aromatic carbocycles. The predicted molar refractivity (Wildman–Crippen MR) is 62.5 cm³/mol. The summed E-state index contributed by atoms with van der Waals surface area (Å²) in [6, 6.07) is 7.36. The largest absolute Gasteiger partial charge is 0.494 e. The van der Waals surface area contributed by atoms with Gasteiger partial charge in [0, 0.05) is 4.47 Å². The van der Waals surface area contributed by atoms with Crippen molar-refractivity contribution in [2.24, 2.45) is 0 Å². The van der Waals surface area contributed by atoms with Crippen molar-refractivity contribution in [2.75, 3.05) is 6.61 Å². The lowest BCUT2D eigenvalue weighted by Crippen LogP contribution is -2.19. The Morgan fingerprint density at radius 3 is 2.56 bits per heavy atom. The Morgan fingerprint density at radius 2 is 2.00 bits per heavy atom. The average Bonchev–Trinajstić information content (AvgIpc) is 2.26. The molecule has 0 amide bonds. The van der Waals surface area contributed by atoms with Crippen molar-refractivity contribution in [3.8, 4) is 5.75 Å². The van der Waals surface area contributed by atoms with Gasteiger partial charge in [-0.25, -0.2) is 4.79 Å². The van der Waals surface area contributed by atoms with Crippen LogP contribution in [-0.2, 0) is 4.79 Å². The number of carbonyl (C=O) groups is 1. The first-order valence-corrected chi connectivity index (χ1v) is 5.68. The van der Waals surface area contributed by atoms with Crippen LogP contribution in [0.15, 0.2) is 28.7 Å². The van der Waals surface area contributed by atoms with Crippen LogP contribution in [0.3, 0.4) is 0 Å². The molecule has 0 aliphatic carbocycles. The van der Waals surface area contributed by atoms with E-state index in [2.05, 4.69) is 15.9 Å². The number of hydrogen-bond acceptors (Lipinski definition) is 3. The Bertz CT molecular complexity index is 336. The van der Waals surface area contributed by atoms with Gasteiger partial charge in [-0.2, -0.15) is 0 Å². The van der Waals surface area contributed by atoms with Crippen LogP contribution in [0.5, 0.6) is 5.75 Å². The van der Waals surface area contributed by atoms with Crippen molar-refractivity contribution in [3.63, 3.8) is 0 Å². The van der Waals surface area contributed by atoms with Gasteiger partial charge >= 0.3 is 5.97 Å². The van der Waals surface area contributed by atoms with E-state index in [0.717, 1.165) is 10.2 Å². The zero-order chi connectivity index (χ0) is 12.0. The van der Waals surface area contributed by atoms with Gasteiger partial charge in [-0.3, -0.25) is 0 Å². The first-order valence-electron chi connectivity index (χ1n) is 4.89. The fourth-order valence-electron chi connectivity index (χ4n) is 1.12. The van der Waals surface area contributed by atoms with Crippen molar-refractivity contribution in [3.05, 3.63) is 28.7 Å². The minimum Gasteiger partial charge on any atom is -0.494 e. The van der Waals surface area contributed by atoms with E-state index in [4.69, 9.17) is 14.9 Å². The van der Waals surface area contributed by atoms with Crippen LogP contribution >= 0.6 is 15.9 Å². The van der Waals surface area contributed by atoms with Gasteiger partial charge < -0.3 is 14.9 Å². The number of carboxylic acid groups (broad SMARTS) is 1. The molecule has 1 unspecified atom stereocenters. The highest BCUT2D eigenvalue weighted by molar-refractivity contribution is 9.10. The molecule has 1 atom stereocenters. The van der Waals surface area contributed by atoms with Crippen LogP contribution in [0.25, 0.3) is 0 Å². The van der Waals surface area contributed by atoms with Crippen LogP contribution in [0, 0.1) is 0 Å². The van der Waals surface area contributed by atoms with Crippen molar-refractivity contribution in [1.82, 2.24) is 0 Å². The highest BCUT2D eigenvalue weighted by Gasteiger charge is 2.11. The van der Waals surface area contributed by atoms with Gasteiger partial charge in [0.25, 0.3) is 0 Å². The third kappa shape index (κ3) is 4.63. The number of benzene rings is 1. The van der Waals surface area contributed by atoms with Gasteiger partial charge in [0.1, 0.15) is 5.75 Å². The van der Waals surface area contributed by atoms with E-state index >= 15 is 0 Å². The van der Waals surface area contributed by atoms with Crippen LogP contribution in [0.4, 0.5) is 0 Å². The lowest BCUT2D eigenvalue weighted by molar-refractivity contribution is -0.147. The molecule has 0 saturated carbocycles. The molecule has 0 fully saturated rings. The topological polar surface area (TPSA) is 66.8 Å². The minimum absolute atomic E-state index is 0.200. The van der Waals surface area contributed by atoms with Gasteiger partial charge in [-0.1, -0.05) is 15.9 Å². The Hall–Kier alpha value is -1.07. The van der Waals surface area contributed by atoms with E-state index in [0.29, 0.717) is 13.0 Å². The highest BCUT2D eigenvalue weighted by Crippen LogP contribution is 2.16. The third-order valence-corrected chi connectivity index (χ3v) is 2.52. The van der Waals surface area contributed by atoms with E-state index in [1.54, 1.807) is 0 Å². The number of halogens is 1. The van der Waals surface area contributed by atoms with Gasteiger partial charge in [0.15, 0.2) is 6.10 Å². The molecule has 0 spiro atoms. The number of aliphatic hydroxyl groups excluding tert-OH is 1. The summed E-state index contributed by atoms with van der Waals surface area (Å²) in [7, 11) is 0. The van der Waals surface area contributed by atoms with E-state index in [9.17, 15) is 4.79 Å².